The molecule has 1 rings (SSSR count). The SMILES string of the molecule is CNC(=O)NC(=O)C(C)NCC1CCC1. The van der Waals surface area contributed by atoms with Crippen molar-refractivity contribution >= 4 is 11.9 Å². The number of imide groups is 1. The van der Waals surface area contributed by atoms with Gasteiger partial charge in [-0.25, -0.2) is 4.79 Å². The predicted octanol–water partition coefficient (Wildman–Crippen LogP) is 0.220. The molecule has 0 radical (unpaired) electrons. The van der Waals surface area contributed by atoms with Crippen molar-refractivity contribution in [2.24, 2.45) is 5.92 Å². The molecule has 1 fully saturated rings. The molecule has 1 aliphatic carbocycles. The largest absolute Gasteiger partial charge is 0.341 e. The van der Waals surface area contributed by atoms with Gasteiger partial charge < -0.3 is 10.6 Å². The average Bonchev–Trinajstić information content (AvgIpc) is 2.14. The van der Waals surface area contributed by atoms with Gasteiger partial charge >= 0.3 is 6.03 Å². The van der Waals surface area contributed by atoms with E-state index < -0.39 is 6.03 Å². The second-order valence-corrected chi connectivity index (χ2v) is 4.00. The lowest BCUT2D eigenvalue weighted by atomic mass is 9.85. The zero-order chi connectivity index (χ0) is 11.3. The number of nitrogens with one attached hydrogen (secondary N) is 3. The summed E-state index contributed by atoms with van der Waals surface area (Å²) in [7, 11) is 1.48. The van der Waals surface area contributed by atoms with Crippen LogP contribution < -0.4 is 16.0 Å². The van der Waals surface area contributed by atoms with Crippen molar-refractivity contribution in [3.63, 3.8) is 0 Å². The fraction of sp³-hybridized carbons (Fsp3) is 0.800. The van der Waals surface area contributed by atoms with Crippen LogP contribution in [0.5, 0.6) is 0 Å². The van der Waals surface area contributed by atoms with Gasteiger partial charge in [0.2, 0.25) is 5.91 Å². The Kier molecular flexibility index (Phi) is 4.55. The van der Waals surface area contributed by atoms with Gasteiger partial charge in [-0.15, -0.1) is 0 Å². The minimum atomic E-state index is -0.461. The Bertz CT molecular complexity index is 239. The second kappa shape index (κ2) is 5.70. The molecule has 0 saturated heterocycles. The van der Waals surface area contributed by atoms with Gasteiger partial charge in [0.05, 0.1) is 6.04 Å². The van der Waals surface area contributed by atoms with Gasteiger partial charge in [-0.3, -0.25) is 10.1 Å². The minimum absolute atomic E-state index is 0.284. The summed E-state index contributed by atoms with van der Waals surface area (Å²) < 4.78 is 0. The number of carbonyl (C=O) groups excluding carboxylic acids is 2. The fourth-order valence-corrected chi connectivity index (χ4v) is 1.42. The highest BCUT2D eigenvalue weighted by Crippen LogP contribution is 2.25. The van der Waals surface area contributed by atoms with E-state index in [0.717, 1.165) is 6.54 Å². The molecule has 0 heterocycles. The summed E-state index contributed by atoms with van der Waals surface area (Å²) in [4.78, 5) is 22.3. The molecule has 3 amide bonds. The molecule has 0 aliphatic heterocycles. The molecule has 86 valence electrons. The van der Waals surface area contributed by atoms with Crippen LogP contribution in [0.25, 0.3) is 0 Å². The van der Waals surface area contributed by atoms with Crippen LogP contribution in [0.4, 0.5) is 4.79 Å². The lowest BCUT2D eigenvalue weighted by molar-refractivity contribution is -0.121. The van der Waals surface area contributed by atoms with Gasteiger partial charge in [0.25, 0.3) is 0 Å². The third-order valence-corrected chi connectivity index (χ3v) is 2.79. The lowest BCUT2D eigenvalue weighted by Gasteiger charge is -2.26. The number of amides is 3. The summed E-state index contributed by atoms with van der Waals surface area (Å²) in [5.74, 6) is 0.425. The topological polar surface area (TPSA) is 70.2 Å². The number of hydrogen-bond acceptors (Lipinski definition) is 3. The van der Waals surface area contributed by atoms with Gasteiger partial charge in [0, 0.05) is 7.05 Å². The van der Waals surface area contributed by atoms with E-state index in [1.54, 1.807) is 6.92 Å². The minimum Gasteiger partial charge on any atom is -0.341 e. The van der Waals surface area contributed by atoms with E-state index in [1.165, 1.54) is 26.3 Å². The van der Waals surface area contributed by atoms with Gasteiger partial charge in [0.1, 0.15) is 0 Å². The van der Waals surface area contributed by atoms with E-state index in [-0.39, 0.29) is 11.9 Å². The Morgan fingerprint density at radius 2 is 2.07 bits per heavy atom. The van der Waals surface area contributed by atoms with Crippen molar-refractivity contribution in [3.8, 4) is 0 Å². The Morgan fingerprint density at radius 1 is 1.40 bits per heavy atom. The van der Waals surface area contributed by atoms with E-state index >= 15 is 0 Å². The van der Waals surface area contributed by atoms with Crippen molar-refractivity contribution in [2.75, 3.05) is 13.6 Å². The predicted molar refractivity (Wildman–Crippen MR) is 57.4 cm³/mol. The van der Waals surface area contributed by atoms with Crippen LogP contribution >= 0.6 is 0 Å². The van der Waals surface area contributed by atoms with Crippen molar-refractivity contribution in [3.05, 3.63) is 0 Å². The monoisotopic (exact) mass is 213 g/mol. The maximum Gasteiger partial charge on any atom is 0.321 e. The molecule has 1 saturated carbocycles. The van der Waals surface area contributed by atoms with Crippen LogP contribution in [0.2, 0.25) is 0 Å². The smallest absolute Gasteiger partial charge is 0.321 e. The standard InChI is InChI=1S/C10H19N3O2/c1-7(9(14)13-10(15)11-2)12-6-8-4-3-5-8/h7-8,12H,3-6H2,1-2H3,(H2,11,13,14,15). The van der Waals surface area contributed by atoms with E-state index in [0.29, 0.717) is 5.92 Å². The maximum absolute atomic E-state index is 11.4. The highest BCUT2D eigenvalue weighted by atomic mass is 16.2. The second-order valence-electron chi connectivity index (χ2n) is 4.00. The van der Waals surface area contributed by atoms with Gasteiger partial charge in [-0.1, -0.05) is 6.42 Å². The van der Waals surface area contributed by atoms with Crippen molar-refractivity contribution in [1.29, 1.82) is 0 Å². The van der Waals surface area contributed by atoms with Gasteiger partial charge in [-0.05, 0) is 32.2 Å². The molecule has 0 aromatic carbocycles. The molecule has 5 heteroatoms. The molecule has 0 bridgehead atoms. The lowest BCUT2D eigenvalue weighted by Crippen LogP contribution is -2.48. The quantitative estimate of drug-likeness (QED) is 0.625. The molecule has 1 atom stereocenters. The number of carbonyl (C=O) groups is 2. The average molecular weight is 213 g/mol. The third-order valence-electron chi connectivity index (χ3n) is 2.79. The van der Waals surface area contributed by atoms with Crippen molar-refractivity contribution < 1.29 is 9.59 Å². The highest BCUT2D eigenvalue weighted by Gasteiger charge is 2.20. The zero-order valence-electron chi connectivity index (χ0n) is 9.30. The van der Waals surface area contributed by atoms with Crippen LogP contribution in [-0.2, 0) is 4.79 Å². The van der Waals surface area contributed by atoms with Crippen molar-refractivity contribution in [2.45, 2.75) is 32.2 Å². The first kappa shape index (κ1) is 12.0. The Labute approximate surface area is 90.0 Å². The molecular weight excluding hydrogens is 194 g/mol. The van der Waals surface area contributed by atoms with Crippen LogP contribution in [-0.4, -0.2) is 31.6 Å². The highest BCUT2D eigenvalue weighted by molar-refractivity contribution is 5.96. The normalized spacial score (nSPS) is 17.7. The number of hydrogen-bond donors (Lipinski definition) is 3. The van der Waals surface area contributed by atoms with E-state index in [4.69, 9.17) is 0 Å². The molecule has 3 N–H and O–H groups in total. The molecule has 1 aliphatic rings. The van der Waals surface area contributed by atoms with Gasteiger partial charge in [-0.2, -0.15) is 0 Å². The maximum atomic E-state index is 11.4. The Hall–Kier alpha value is -1.10. The summed E-state index contributed by atoms with van der Waals surface area (Å²) in [6.45, 7) is 2.62. The van der Waals surface area contributed by atoms with Crippen LogP contribution in [0.1, 0.15) is 26.2 Å². The van der Waals surface area contributed by atoms with E-state index in [2.05, 4.69) is 16.0 Å². The van der Waals surface area contributed by atoms with E-state index in [1.807, 2.05) is 0 Å². The molecular formula is C10H19N3O2. The Balaban J connectivity index is 2.16. The molecule has 15 heavy (non-hydrogen) atoms. The summed E-state index contributed by atoms with van der Waals surface area (Å²) in [6, 6.07) is -0.778. The van der Waals surface area contributed by atoms with Crippen LogP contribution in [0.3, 0.4) is 0 Å². The summed E-state index contributed by atoms with van der Waals surface area (Å²) >= 11 is 0. The molecule has 1 unspecified atom stereocenters. The molecule has 0 spiro atoms. The van der Waals surface area contributed by atoms with Crippen LogP contribution in [0, 0.1) is 5.92 Å². The molecule has 5 nitrogen and oxygen atoms in total. The van der Waals surface area contributed by atoms with E-state index in [9.17, 15) is 9.59 Å². The summed E-state index contributed by atoms with van der Waals surface area (Å²) in [5, 5.41) is 7.70. The molecule has 0 aromatic heterocycles. The Morgan fingerprint density at radius 3 is 2.53 bits per heavy atom. The summed E-state index contributed by atoms with van der Waals surface area (Å²) in [5.41, 5.74) is 0. The number of rotatable bonds is 4. The first-order valence-electron chi connectivity index (χ1n) is 5.39. The first-order chi connectivity index (χ1) is 7.13. The summed E-state index contributed by atoms with van der Waals surface area (Å²) in [6.07, 6.45) is 3.79. The molecule has 0 aromatic rings. The van der Waals surface area contributed by atoms with Crippen LogP contribution in [0.15, 0.2) is 0 Å². The third kappa shape index (κ3) is 3.87. The number of urea groups is 1. The van der Waals surface area contributed by atoms with Crippen molar-refractivity contribution in [1.82, 2.24) is 16.0 Å². The first-order valence-corrected chi connectivity index (χ1v) is 5.39. The fourth-order valence-electron chi connectivity index (χ4n) is 1.42. The van der Waals surface area contributed by atoms with Gasteiger partial charge in [0.15, 0.2) is 0 Å². The zero-order valence-corrected chi connectivity index (χ0v) is 9.30.